The number of carbonyl (C=O) groups is 1. The number of sulfonamides is 1. The maximum atomic E-state index is 12.5. The Balaban J connectivity index is 1.66. The number of rotatable bonds is 8. The lowest BCUT2D eigenvalue weighted by molar-refractivity contribution is 0.0951. The first-order chi connectivity index (χ1) is 13.5. The Morgan fingerprint density at radius 2 is 1.82 bits per heavy atom. The molecule has 2 N–H and O–H groups in total. The molecule has 0 fully saturated rings. The van der Waals surface area contributed by atoms with E-state index >= 15 is 0 Å². The van der Waals surface area contributed by atoms with E-state index < -0.39 is 10.0 Å². The van der Waals surface area contributed by atoms with Gasteiger partial charge < -0.3 is 10.1 Å². The van der Waals surface area contributed by atoms with Crippen LogP contribution in [0.15, 0.2) is 70.3 Å². The number of carbonyl (C=O) groups excluding carboxylic acids is 1. The third kappa shape index (κ3) is 5.19. The van der Waals surface area contributed by atoms with Crippen LogP contribution in [0.4, 0.5) is 5.69 Å². The number of thiophene rings is 1. The second kappa shape index (κ2) is 9.01. The molecule has 1 aromatic heterocycles. The predicted molar refractivity (Wildman–Crippen MR) is 110 cm³/mol. The number of methoxy groups -OCH3 is 1. The average molecular weight is 417 g/mol. The van der Waals surface area contributed by atoms with Crippen molar-refractivity contribution in [2.45, 2.75) is 17.4 Å². The smallest absolute Gasteiger partial charge is 0.271 e. The number of benzene rings is 2. The van der Waals surface area contributed by atoms with E-state index in [9.17, 15) is 13.2 Å². The third-order valence-corrected chi connectivity index (χ3v) is 6.67. The fourth-order valence-electron chi connectivity index (χ4n) is 2.63. The van der Waals surface area contributed by atoms with E-state index in [0.29, 0.717) is 24.4 Å². The van der Waals surface area contributed by atoms with E-state index in [4.69, 9.17) is 4.74 Å². The molecule has 0 aliphatic rings. The summed E-state index contributed by atoms with van der Waals surface area (Å²) < 4.78 is 32.5. The van der Waals surface area contributed by atoms with Crippen LogP contribution in [0.3, 0.4) is 0 Å². The molecule has 0 saturated heterocycles. The van der Waals surface area contributed by atoms with Crippen molar-refractivity contribution in [1.82, 2.24) is 5.32 Å². The fourth-order valence-corrected chi connectivity index (χ4v) is 4.67. The van der Waals surface area contributed by atoms with Gasteiger partial charge in [0.2, 0.25) is 0 Å². The molecule has 0 bridgehead atoms. The minimum atomic E-state index is -3.65. The maximum absolute atomic E-state index is 12.5. The zero-order chi connectivity index (χ0) is 20.0. The number of hydrogen-bond acceptors (Lipinski definition) is 5. The van der Waals surface area contributed by atoms with Crippen LogP contribution in [-0.2, 0) is 27.9 Å². The van der Waals surface area contributed by atoms with Crippen LogP contribution in [0.5, 0.6) is 0 Å². The first-order valence-electron chi connectivity index (χ1n) is 8.49. The van der Waals surface area contributed by atoms with Crippen molar-refractivity contribution in [3.8, 4) is 0 Å². The molecule has 3 aromatic rings. The SMILES string of the molecule is COCc1cccc(CNC(=O)c2cccc(NS(=O)(=O)c3cccs3)c2)c1. The Bertz CT molecular complexity index is 1050. The van der Waals surface area contributed by atoms with Crippen molar-refractivity contribution in [2.24, 2.45) is 0 Å². The van der Waals surface area contributed by atoms with Gasteiger partial charge in [0.1, 0.15) is 4.21 Å². The molecule has 3 rings (SSSR count). The van der Waals surface area contributed by atoms with Crippen LogP contribution in [0.1, 0.15) is 21.5 Å². The van der Waals surface area contributed by atoms with Gasteiger partial charge >= 0.3 is 0 Å². The van der Waals surface area contributed by atoms with Crippen molar-refractivity contribution in [1.29, 1.82) is 0 Å². The highest BCUT2D eigenvalue weighted by Gasteiger charge is 2.16. The van der Waals surface area contributed by atoms with Gasteiger partial charge in [-0.25, -0.2) is 8.42 Å². The molecule has 28 heavy (non-hydrogen) atoms. The van der Waals surface area contributed by atoms with Crippen LogP contribution in [-0.4, -0.2) is 21.4 Å². The molecule has 0 spiro atoms. The highest BCUT2D eigenvalue weighted by molar-refractivity contribution is 7.94. The molecule has 1 amide bonds. The summed E-state index contributed by atoms with van der Waals surface area (Å²) >= 11 is 1.13. The quantitative estimate of drug-likeness (QED) is 0.587. The van der Waals surface area contributed by atoms with Gasteiger partial charge in [0.05, 0.1) is 6.61 Å². The van der Waals surface area contributed by atoms with Gasteiger partial charge in [-0.3, -0.25) is 9.52 Å². The minimum absolute atomic E-state index is 0.221. The molecular formula is C20H20N2O4S2. The van der Waals surface area contributed by atoms with E-state index in [1.807, 2.05) is 24.3 Å². The Morgan fingerprint density at radius 1 is 1.04 bits per heavy atom. The summed E-state index contributed by atoms with van der Waals surface area (Å²) in [5, 5.41) is 4.54. The van der Waals surface area contributed by atoms with Gasteiger partial charge in [0.25, 0.3) is 15.9 Å². The molecule has 0 saturated carbocycles. The van der Waals surface area contributed by atoms with Crippen LogP contribution >= 0.6 is 11.3 Å². The minimum Gasteiger partial charge on any atom is -0.380 e. The molecule has 0 aliphatic heterocycles. The fraction of sp³-hybridized carbons (Fsp3) is 0.150. The lowest BCUT2D eigenvalue weighted by Gasteiger charge is -2.10. The van der Waals surface area contributed by atoms with Gasteiger partial charge in [-0.2, -0.15) is 0 Å². The number of hydrogen-bond donors (Lipinski definition) is 2. The van der Waals surface area contributed by atoms with Gasteiger partial charge in [0, 0.05) is 24.9 Å². The Kier molecular flexibility index (Phi) is 6.45. The first kappa shape index (κ1) is 20.1. The van der Waals surface area contributed by atoms with Crippen LogP contribution < -0.4 is 10.0 Å². The molecule has 0 aliphatic carbocycles. The number of anilines is 1. The summed E-state index contributed by atoms with van der Waals surface area (Å²) in [5.74, 6) is -0.283. The molecule has 8 heteroatoms. The summed E-state index contributed by atoms with van der Waals surface area (Å²) in [4.78, 5) is 12.5. The number of nitrogens with one attached hydrogen (secondary N) is 2. The van der Waals surface area contributed by atoms with Crippen LogP contribution in [0, 0.1) is 0 Å². The summed E-state index contributed by atoms with van der Waals surface area (Å²) in [6.45, 7) is 0.871. The van der Waals surface area contributed by atoms with Crippen molar-refractivity contribution in [2.75, 3.05) is 11.8 Å². The van der Waals surface area contributed by atoms with Gasteiger partial charge in [0.15, 0.2) is 0 Å². The van der Waals surface area contributed by atoms with Crippen LogP contribution in [0.25, 0.3) is 0 Å². The Hall–Kier alpha value is -2.68. The summed E-state index contributed by atoms with van der Waals surface area (Å²) in [6.07, 6.45) is 0. The predicted octanol–water partition coefficient (Wildman–Crippen LogP) is 3.63. The molecule has 1 heterocycles. The molecule has 146 valence electrons. The normalized spacial score (nSPS) is 11.2. The second-order valence-corrected chi connectivity index (χ2v) is 8.91. The zero-order valence-electron chi connectivity index (χ0n) is 15.2. The summed E-state index contributed by atoms with van der Waals surface area (Å²) in [7, 11) is -2.02. The second-order valence-electron chi connectivity index (χ2n) is 6.05. The van der Waals surface area contributed by atoms with E-state index in [1.54, 1.807) is 36.8 Å². The molecule has 0 unspecified atom stereocenters. The van der Waals surface area contributed by atoms with Gasteiger partial charge in [-0.15, -0.1) is 11.3 Å². The molecule has 6 nitrogen and oxygen atoms in total. The van der Waals surface area contributed by atoms with Crippen molar-refractivity contribution in [3.63, 3.8) is 0 Å². The van der Waals surface area contributed by atoms with Crippen molar-refractivity contribution >= 4 is 33.0 Å². The molecular weight excluding hydrogens is 396 g/mol. The lowest BCUT2D eigenvalue weighted by atomic mass is 10.1. The van der Waals surface area contributed by atoms with Gasteiger partial charge in [-0.05, 0) is 40.8 Å². The van der Waals surface area contributed by atoms with Crippen molar-refractivity contribution < 1.29 is 17.9 Å². The van der Waals surface area contributed by atoms with Crippen molar-refractivity contribution in [3.05, 3.63) is 82.7 Å². The topological polar surface area (TPSA) is 84.5 Å². The van der Waals surface area contributed by atoms with Crippen LogP contribution in [0.2, 0.25) is 0 Å². The van der Waals surface area contributed by atoms with E-state index in [1.165, 1.54) is 12.1 Å². The summed E-state index contributed by atoms with van der Waals surface area (Å²) in [5.41, 5.74) is 2.69. The zero-order valence-corrected chi connectivity index (χ0v) is 16.8. The van der Waals surface area contributed by atoms with Gasteiger partial charge in [-0.1, -0.05) is 36.4 Å². The van der Waals surface area contributed by atoms with E-state index in [-0.39, 0.29) is 10.1 Å². The standard InChI is InChI=1S/C20H20N2O4S2/c1-26-14-16-6-2-5-15(11-16)13-21-20(23)17-7-3-8-18(12-17)22-28(24,25)19-9-4-10-27-19/h2-12,22H,13-14H2,1H3,(H,21,23). The van der Waals surface area contributed by atoms with E-state index in [0.717, 1.165) is 22.5 Å². The molecule has 0 atom stereocenters. The first-order valence-corrected chi connectivity index (χ1v) is 10.9. The lowest BCUT2D eigenvalue weighted by Crippen LogP contribution is -2.23. The maximum Gasteiger partial charge on any atom is 0.271 e. The monoisotopic (exact) mass is 416 g/mol. The van der Waals surface area contributed by atoms with E-state index in [2.05, 4.69) is 10.0 Å². The largest absolute Gasteiger partial charge is 0.380 e. The highest BCUT2D eigenvalue weighted by atomic mass is 32.2. The Morgan fingerprint density at radius 3 is 2.57 bits per heavy atom. The highest BCUT2D eigenvalue weighted by Crippen LogP contribution is 2.21. The number of ether oxygens (including phenoxy) is 1. The third-order valence-electron chi connectivity index (χ3n) is 3.89. The molecule has 2 aromatic carbocycles. The summed E-state index contributed by atoms with van der Waals surface area (Å²) in [6, 6.07) is 17.4. The Labute approximate surface area is 168 Å². The average Bonchev–Trinajstić information content (AvgIpc) is 3.22. The number of amides is 1. The molecule has 0 radical (unpaired) electrons.